The third-order valence-corrected chi connectivity index (χ3v) is 3.93. The summed E-state index contributed by atoms with van der Waals surface area (Å²) < 4.78 is 5.27. The maximum atomic E-state index is 9.29. The normalized spacial score (nSPS) is 23.2. The van der Waals surface area contributed by atoms with Crippen molar-refractivity contribution in [1.82, 2.24) is 0 Å². The Morgan fingerprint density at radius 2 is 2.05 bits per heavy atom. The van der Waals surface area contributed by atoms with Crippen LogP contribution in [0.25, 0.3) is 0 Å². The first-order chi connectivity index (χ1) is 9.24. The van der Waals surface area contributed by atoms with Gasteiger partial charge in [0.15, 0.2) is 0 Å². The molecule has 0 aromatic heterocycles. The average Bonchev–Trinajstić information content (AvgIpc) is 2.64. The van der Waals surface area contributed by atoms with Gasteiger partial charge in [0.2, 0.25) is 0 Å². The lowest BCUT2D eigenvalue weighted by Gasteiger charge is -2.22. The molecule has 19 heavy (non-hydrogen) atoms. The first kappa shape index (κ1) is 13.7. The van der Waals surface area contributed by atoms with Crippen LogP contribution in [0.2, 0.25) is 0 Å². The van der Waals surface area contributed by atoms with Gasteiger partial charge in [0.05, 0.1) is 19.1 Å². The fourth-order valence-corrected chi connectivity index (χ4v) is 2.82. The Hall–Kier alpha value is -1.69. The molecule has 0 heterocycles. The predicted octanol–water partition coefficient (Wildman–Crippen LogP) is 3.89. The maximum Gasteiger partial charge on any atom is 0.121 e. The molecule has 0 spiro atoms. The topological polar surface area (TPSA) is 45.0 Å². The monoisotopic (exact) mass is 258 g/mol. The Morgan fingerprint density at radius 1 is 1.26 bits per heavy atom. The molecule has 2 unspecified atom stereocenters. The van der Waals surface area contributed by atoms with Gasteiger partial charge in [-0.05, 0) is 43.5 Å². The third-order valence-electron chi connectivity index (χ3n) is 3.93. The minimum absolute atomic E-state index is 0.130. The summed E-state index contributed by atoms with van der Waals surface area (Å²) in [6, 6.07) is 8.85. The van der Waals surface area contributed by atoms with Crippen LogP contribution < -0.4 is 10.1 Å². The molecule has 1 N–H and O–H groups in total. The fraction of sp³-hybridized carbons (Fsp3) is 0.562. The molecule has 0 amide bonds. The molecule has 1 saturated carbocycles. The van der Waals surface area contributed by atoms with Gasteiger partial charge in [-0.15, -0.1) is 0 Å². The molecule has 2 atom stereocenters. The molecule has 102 valence electrons. The maximum absolute atomic E-state index is 9.29. The number of aryl methyl sites for hydroxylation is 1. The molecule has 3 nitrogen and oxygen atoms in total. The molecule has 0 bridgehead atoms. The van der Waals surface area contributed by atoms with E-state index >= 15 is 0 Å². The van der Waals surface area contributed by atoms with Crippen molar-refractivity contribution in [2.24, 2.45) is 5.92 Å². The number of anilines is 1. The standard InChI is InChI=1S/C16H22N2O/c1-12-10-14(8-9-16(12)19-2)18-15-7-5-3-4-6-13(15)11-17/h8-10,13,15,18H,3-7H2,1-2H3. The molecule has 1 aromatic rings. The van der Waals surface area contributed by atoms with Gasteiger partial charge in [-0.2, -0.15) is 5.26 Å². The lowest BCUT2D eigenvalue weighted by atomic mass is 9.96. The van der Waals surface area contributed by atoms with Crippen LogP contribution in [0.5, 0.6) is 5.75 Å². The zero-order chi connectivity index (χ0) is 13.7. The van der Waals surface area contributed by atoms with Gasteiger partial charge in [0.25, 0.3) is 0 Å². The molecule has 0 radical (unpaired) electrons. The molecule has 0 saturated heterocycles. The fourth-order valence-electron chi connectivity index (χ4n) is 2.82. The van der Waals surface area contributed by atoms with E-state index in [2.05, 4.69) is 17.5 Å². The van der Waals surface area contributed by atoms with Crippen molar-refractivity contribution in [3.63, 3.8) is 0 Å². The molecule has 0 aliphatic heterocycles. The number of ether oxygens (including phenoxy) is 1. The van der Waals surface area contributed by atoms with Crippen LogP contribution in [0.15, 0.2) is 18.2 Å². The summed E-state index contributed by atoms with van der Waals surface area (Å²) in [7, 11) is 1.69. The molecular formula is C16H22N2O. The molecule has 1 aliphatic rings. The highest BCUT2D eigenvalue weighted by Crippen LogP contribution is 2.28. The van der Waals surface area contributed by atoms with Gasteiger partial charge in [-0.25, -0.2) is 0 Å². The minimum Gasteiger partial charge on any atom is -0.496 e. The van der Waals surface area contributed by atoms with E-state index in [1.54, 1.807) is 7.11 Å². The molecule has 1 aromatic carbocycles. The number of methoxy groups -OCH3 is 1. The van der Waals surface area contributed by atoms with Gasteiger partial charge in [-0.3, -0.25) is 0 Å². The second kappa shape index (κ2) is 6.47. The van der Waals surface area contributed by atoms with Crippen LogP contribution in [0.4, 0.5) is 5.69 Å². The van der Waals surface area contributed by atoms with Crippen LogP contribution >= 0.6 is 0 Å². The first-order valence-electron chi connectivity index (χ1n) is 7.05. The minimum atomic E-state index is 0.130. The van der Waals surface area contributed by atoms with Crippen LogP contribution in [-0.4, -0.2) is 13.2 Å². The Bertz CT molecular complexity index is 464. The van der Waals surface area contributed by atoms with Gasteiger partial charge in [0, 0.05) is 11.7 Å². The van der Waals surface area contributed by atoms with Crippen LogP contribution in [-0.2, 0) is 0 Å². The van der Waals surface area contributed by atoms with Crippen LogP contribution in [0.3, 0.4) is 0 Å². The van der Waals surface area contributed by atoms with Crippen molar-refractivity contribution in [1.29, 1.82) is 5.26 Å². The average molecular weight is 258 g/mol. The SMILES string of the molecule is COc1ccc(NC2CCCCCC2C#N)cc1C. The predicted molar refractivity (Wildman–Crippen MR) is 77.3 cm³/mol. The molecule has 1 fully saturated rings. The van der Waals surface area contributed by atoms with Gasteiger partial charge >= 0.3 is 0 Å². The summed E-state index contributed by atoms with van der Waals surface area (Å²) in [6.45, 7) is 2.04. The van der Waals surface area contributed by atoms with Crippen molar-refractivity contribution < 1.29 is 4.74 Å². The summed E-state index contributed by atoms with van der Waals surface area (Å²) in [5.41, 5.74) is 2.21. The number of hydrogen-bond acceptors (Lipinski definition) is 3. The van der Waals surface area contributed by atoms with Crippen LogP contribution in [0, 0.1) is 24.2 Å². The smallest absolute Gasteiger partial charge is 0.121 e. The second-order valence-electron chi connectivity index (χ2n) is 5.31. The summed E-state index contributed by atoms with van der Waals surface area (Å²) >= 11 is 0. The number of benzene rings is 1. The largest absolute Gasteiger partial charge is 0.496 e. The van der Waals surface area contributed by atoms with Crippen molar-refractivity contribution in [2.45, 2.75) is 45.1 Å². The first-order valence-corrected chi connectivity index (χ1v) is 7.05. The molecular weight excluding hydrogens is 236 g/mol. The highest BCUT2D eigenvalue weighted by molar-refractivity contribution is 5.51. The zero-order valence-corrected chi connectivity index (χ0v) is 11.8. The quantitative estimate of drug-likeness (QED) is 0.837. The number of hydrogen-bond donors (Lipinski definition) is 1. The van der Waals surface area contributed by atoms with E-state index in [1.807, 2.05) is 19.1 Å². The van der Waals surface area contributed by atoms with Gasteiger partial charge < -0.3 is 10.1 Å². The summed E-state index contributed by atoms with van der Waals surface area (Å²) in [5.74, 6) is 1.04. The van der Waals surface area contributed by atoms with Crippen molar-refractivity contribution >= 4 is 5.69 Å². The lowest BCUT2D eigenvalue weighted by Crippen LogP contribution is -2.27. The Kier molecular flexibility index (Phi) is 4.68. The van der Waals surface area contributed by atoms with E-state index in [1.165, 1.54) is 19.3 Å². The summed E-state index contributed by atoms with van der Waals surface area (Å²) in [5, 5.41) is 12.8. The van der Waals surface area contributed by atoms with Crippen molar-refractivity contribution in [3.05, 3.63) is 23.8 Å². The highest BCUT2D eigenvalue weighted by Gasteiger charge is 2.23. The molecule has 1 aliphatic carbocycles. The highest BCUT2D eigenvalue weighted by atomic mass is 16.5. The zero-order valence-electron chi connectivity index (χ0n) is 11.8. The number of rotatable bonds is 3. The Morgan fingerprint density at radius 3 is 2.74 bits per heavy atom. The lowest BCUT2D eigenvalue weighted by molar-refractivity contribution is 0.411. The van der Waals surface area contributed by atoms with Gasteiger partial charge in [0.1, 0.15) is 5.75 Å². The Labute approximate surface area is 115 Å². The number of nitriles is 1. The summed E-state index contributed by atoms with van der Waals surface area (Å²) in [6.07, 6.45) is 5.74. The Balaban J connectivity index is 2.10. The second-order valence-corrected chi connectivity index (χ2v) is 5.31. The van der Waals surface area contributed by atoms with Crippen molar-refractivity contribution in [3.8, 4) is 11.8 Å². The third kappa shape index (κ3) is 3.41. The molecule has 3 heteroatoms. The van der Waals surface area contributed by atoms with Crippen LogP contribution in [0.1, 0.15) is 37.7 Å². The van der Waals surface area contributed by atoms with Gasteiger partial charge in [-0.1, -0.05) is 19.3 Å². The molecule has 2 rings (SSSR count). The number of nitrogens with one attached hydrogen (secondary N) is 1. The summed E-state index contributed by atoms with van der Waals surface area (Å²) in [4.78, 5) is 0. The van der Waals surface area contributed by atoms with E-state index in [4.69, 9.17) is 4.74 Å². The van der Waals surface area contributed by atoms with E-state index < -0.39 is 0 Å². The van der Waals surface area contributed by atoms with E-state index in [0.29, 0.717) is 0 Å². The van der Waals surface area contributed by atoms with E-state index in [9.17, 15) is 5.26 Å². The van der Waals surface area contributed by atoms with Crippen molar-refractivity contribution in [2.75, 3.05) is 12.4 Å². The van der Waals surface area contributed by atoms with E-state index in [0.717, 1.165) is 29.8 Å². The number of nitrogens with zero attached hydrogens (tertiary/aromatic N) is 1. The van der Waals surface area contributed by atoms with E-state index in [-0.39, 0.29) is 12.0 Å².